The Morgan fingerprint density at radius 2 is 2.26 bits per heavy atom. The van der Waals surface area contributed by atoms with Crippen molar-refractivity contribution in [2.75, 3.05) is 30.8 Å². The van der Waals surface area contributed by atoms with Gasteiger partial charge in [-0.2, -0.15) is 4.98 Å². The lowest BCUT2D eigenvalue weighted by atomic mass is 10.1. The van der Waals surface area contributed by atoms with E-state index in [1.54, 1.807) is 0 Å². The number of nitrogens with two attached hydrogens (primary N) is 1. The van der Waals surface area contributed by atoms with Gasteiger partial charge in [0, 0.05) is 13.2 Å². The molecule has 19 heavy (non-hydrogen) atoms. The van der Waals surface area contributed by atoms with Crippen LogP contribution < -0.4 is 15.8 Å². The largest absolute Gasteiger partial charge is 0.476 e. The molecule has 1 aromatic rings. The van der Waals surface area contributed by atoms with Gasteiger partial charge in [0.2, 0.25) is 5.88 Å². The summed E-state index contributed by atoms with van der Waals surface area (Å²) in [7, 11) is 0. The summed E-state index contributed by atoms with van der Waals surface area (Å²) in [6, 6.07) is 0. The van der Waals surface area contributed by atoms with Crippen LogP contribution in [0.1, 0.15) is 33.1 Å². The van der Waals surface area contributed by atoms with Crippen LogP contribution in [-0.2, 0) is 0 Å². The van der Waals surface area contributed by atoms with Crippen LogP contribution in [-0.4, -0.2) is 34.8 Å². The average Bonchev–Trinajstić information content (AvgIpc) is 2.43. The Morgan fingerprint density at radius 3 is 2.95 bits per heavy atom. The maximum atomic E-state index is 8.94. The van der Waals surface area contributed by atoms with Crippen LogP contribution in [0, 0.1) is 5.92 Å². The molecule has 1 heterocycles. The highest BCUT2D eigenvalue weighted by molar-refractivity contribution is 5.66. The molecule has 0 spiro atoms. The zero-order valence-electron chi connectivity index (χ0n) is 11.7. The molecule has 1 rings (SSSR count). The zero-order chi connectivity index (χ0) is 14.1. The predicted molar refractivity (Wildman–Crippen MR) is 76.2 cm³/mol. The van der Waals surface area contributed by atoms with E-state index in [4.69, 9.17) is 15.6 Å². The Bertz CT molecular complexity index is 374. The average molecular weight is 268 g/mol. The number of aromatic nitrogens is 2. The smallest absolute Gasteiger partial charge is 0.242 e. The van der Waals surface area contributed by atoms with Gasteiger partial charge in [0.05, 0.1) is 6.61 Å². The van der Waals surface area contributed by atoms with Gasteiger partial charge in [0.1, 0.15) is 12.0 Å². The van der Waals surface area contributed by atoms with Gasteiger partial charge in [0.25, 0.3) is 0 Å². The maximum absolute atomic E-state index is 8.94. The van der Waals surface area contributed by atoms with Crippen molar-refractivity contribution in [3.8, 4) is 5.88 Å². The van der Waals surface area contributed by atoms with Crippen LogP contribution in [0.15, 0.2) is 6.33 Å². The van der Waals surface area contributed by atoms with Gasteiger partial charge in [0.15, 0.2) is 5.82 Å². The Labute approximate surface area is 114 Å². The predicted octanol–water partition coefficient (Wildman–Crippen LogP) is 1.67. The fourth-order valence-electron chi connectivity index (χ4n) is 1.58. The minimum atomic E-state index is 0.227. The van der Waals surface area contributed by atoms with E-state index in [-0.39, 0.29) is 6.61 Å². The molecule has 6 nitrogen and oxygen atoms in total. The van der Waals surface area contributed by atoms with Gasteiger partial charge >= 0.3 is 0 Å². The van der Waals surface area contributed by atoms with Crippen LogP contribution in [0.4, 0.5) is 11.5 Å². The second-order valence-electron chi connectivity index (χ2n) is 4.65. The van der Waals surface area contributed by atoms with Gasteiger partial charge in [-0.1, -0.05) is 13.8 Å². The molecule has 1 unspecified atom stereocenters. The van der Waals surface area contributed by atoms with Crippen molar-refractivity contribution in [2.45, 2.75) is 33.1 Å². The van der Waals surface area contributed by atoms with Crippen molar-refractivity contribution in [1.82, 2.24) is 9.97 Å². The Kier molecular flexibility index (Phi) is 6.95. The third kappa shape index (κ3) is 5.30. The minimum Gasteiger partial charge on any atom is -0.476 e. The highest BCUT2D eigenvalue weighted by Gasteiger charge is 2.08. The molecule has 0 radical (unpaired) electrons. The lowest BCUT2D eigenvalue weighted by molar-refractivity contribution is 0.229. The summed E-state index contributed by atoms with van der Waals surface area (Å²) < 4.78 is 5.44. The first-order chi connectivity index (χ1) is 9.19. The van der Waals surface area contributed by atoms with Crippen LogP contribution in [0.5, 0.6) is 5.88 Å². The van der Waals surface area contributed by atoms with Gasteiger partial charge in [-0.3, -0.25) is 0 Å². The zero-order valence-corrected chi connectivity index (χ0v) is 11.7. The second-order valence-corrected chi connectivity index (χ2v) is 4.65. The first-order valence-corrected chi connectivity index (χ1v) is 6.77. The highest BCUT2D eigenvalue weighted by atomic mass is 16.5. The topological polar surface area (TPSA) is 93.3 Å². The van der Waals surface area contributed by atoms with Crippen molar-refractivity contribution in [2.24, 2.45) is 5.92 Å². The van der Waals surface area contributed by atoms with Crippen molar-refractivity contribution >= 4 is 11.5 Å². The molecule has 0 aromatic carbocycles. The summed E-state index contributed by atoms with van der Waals surface area (Å²) in [4.78, 5) is 8.12. The Morgan fingerprint density at radius 1 is 1.47 bits per heavy atom. The number of nitrogens with one attached hydrogen (secondary N) is 1. The lowest BCUT2D eigenvalue weighted by Crippen LogP contribution is -2.10. The van der Waals surface area contributed by atoms with Crippen LogP contribution in [0.3, 0.4) is 0 Å². The SMILES string of the molecule is CCCOc1ncnc(NCCCC(C)CO)c1N. The van der Waals surface area contributed by atoms with E-state index in [0.717, 1.165) is 25.8 Å². The van der Waals surface area contributed by atoms with Crippen molar-refractivity contribution < 1.29 is 9.84 Å². The normalized spacial score (nSPS) is 12.2. The summed E-state index contributed by atoms with van der Waals surface area (Å²) in [6.45, 7) is 5.63. The first kappa shape index (κ1) is 15.5. The Hall–Kier alpha value is -1.56. The number of rotatable bonds is 9. The Balaban J connectivity index is 2.45. The third-order valence-corrected chi connectivity index (χ3v) is 2.77. The molecular weight excluding hydrogens is 244 g/mol. The molecule has 6 heteroatoms. The summed E-state index contributed by atoms with van der Waals surface area (Å²) in [5, 5.41) is 12.1. The molecule has 0 saturated heterocycles. The maximum Gasteiger partial charge on any atom is 0.242 e. The third-order valence-electron chi connectivity index (χ3n) is 2.77. The van der Waals surface area contributed by atoms with E-state index in [1.165, 1.54) is 6.33 Å². The van der Waals surface area contributed by atoms with E-state index in [1.807, 2.05) is 13.8 Å². The number of nitrogens with zero attached hydrogens (tertiary/aromatic N) is 2. The van der Waals surface area contributed by atoms with Gasteiger partial charge < -0.3 is 20.9 Å². The molecule has 0 amide bonds. The fraction of sp³-hybridized carbons (Fsp3) is 0.692. The number of aliphatic hydroxyl groups is 1. The number of hydrogen-bond acceptors (Lipinski definition) is 6. The number of aliphatic hydroxyl groups excluding tert-OH is 1. The molecule has 0 aliphatic carbocycles. The summed E-state index contributed by atoms with van der Waals surface area (Å²) in [5.74, 6) is 1.37. The number of anilines is 2. The number of ether oxygens (including phenoxy) is 1. The van der Waals surface area contributed by atoms with Crippen molar-refractivity contribution in [3.05, 3.63) is 6.33 Å². The fourth-order valence-corrected chi connectivity index (χ4v) is 1.58. The monoisotopic (exact) mass is 268 g/mol. The number of hydrogen-bond donors (Lipinski definition) is 3. The molecule has 0 aliphatic heterocycles. The molecular formula is C13H24N4O2. The molecule has 4 N–H and O–H groups in total. The van der Waals surface area contributed by atoms with Gasteiger partial charge in [-0.15, -0.1) is 0 Å². The highest BCUT2D eigenvalue weighted by Crippen LogP contribution is 2.24. The molecule has 1 aromatic heterocycles. The number of nitrogen functional groups attached to an aromatic ring is 1. The van der Waals surface area contributed by atoms with Crippen LogP contribution >= 0.6 is 0 Å². The van der Waals surface area contributed by atoms with E-state index < -0.39 is 0 Å². The van der Waals surface area contributed by atoms with Crippen molar-refractivity contribution in [3.63, 3.8) is 0 Å². The second kappa shape index (κ2) is 8.53. The standard InChI is InChI=1S/C13H24N4O2/c1-3-7-19-13-11(14)12(16-9-17-13)15-6-4-5-10(2)8-18/h9-10,18H,3-8,14H2,1-2H3,(H,15,16,17). The van der Waals surface area contributed by atoms with Gasteiger partial charge in [-0.05, 0) is 25.2 Å². The van der Waals surface area contributed by atoms with E-state index in [2.05, 4.69) is 15.3 Å². The quantitative estimate of drug-likeness (QED) is 0.590. The van der Waals surface area contributed by atoms with E-state index in [9.17, 15) is 0 Å². The summed E-state index contributed by atoms with van der Waals surface area (Å²) >= 11 is 0. The molecule has 108 valence electrons. The lowest BCUT2D eigenvalue weighted by Gasteiger charge is -2.12. The molecule has 0 aliphatic rings. The molecule has 0 fully saturated rings. The molecule has 0 saturated carbocycles. The summed E-state index contributed by atoms with van der Waals surface area (Å²) in [6.07, 6.45) is 4.27. The van der Waals surface area contributed by atoms with Crippen LogP contribution in [0.25, 0.3) is 0 Å². The first-order valence-electron chi connectivity index (χ1n) is 6.77. The van der Waals surface area contributed by atoms with E-state index in [0.29, 0.717) is 29.9 Å². The summed E-state index contributed by atoms with van der Waals surface area (Å²) in [5.41, 5.74) is 6.39. The molecule has 0 bridgehead atoms. The molecule has 1 atom stereocenters. The van der Waals surface area contributed by atoms with Crippen LogP contribution in [0.2, 0.25) is 0 Å². The van der Waals surface area contributed by atoms with Gasteiger partial charge in [-0.25, -0.2) is 4.98 Å². The minimum absolute atomic E-state index is 0.227. The van der Waals surface area contributed by atoms with E-state index >= 15 is 0 Å². The van der Waals surface area contributed by atoms with Crippen molar-refractivity contribution in [1.29, 1.82) is 0 Å².